The third-order valence-corrected chi connectivity index (χ3v) is 6.71. The van der Waals surface area contributed by atoms with Crippen LogP contribution < -0.4 is 15.1 Å². The zero-order chi connectivity index (χ0) is 24.8. The van der Waals surface area contributed by atoms with Crippen molar-refractivity contribution in [3.05, 3.63) is 64.5 Å². The number of aryl methyl sites for hydroxylation is 1. The minimum atomic E-state index is -0.834. The first-order chi connectivity index (χ1) is 16.0. The molecule has 7 heteroatoms. The summed E-state index contributed by atoms with van der Waals surface area (Å²) in [4.78, 5) is 41.5. The van der Waals surface area contributed by atoms with E-state index in [-0.39, 0.29) is 22.6 Å². The van der Waals surface area contributed by atoms with Gasteiger partial charge >= 0.3 is 6.03 Å². The molecule has 4 amide bonds. The maximum Gasteiger partial charge on any atom is 0.335 e. The SMILES string of the molecule is CCCN1c2cc(F)c(/C=C3/C(=O)NC(=O)N(c4ccccc4C)C3=O)cc2C(C)CC1(C)C. The smallest absolute Gasteiger partial charge is 0.335 e. The van der Waals surface area contributed by atoms with Crippen LogP contribution in [0, 0.1) is 12.7 Å². The first-order valence-corrected chi connectivity index (χ1v) is 11.6. The average Bonchev–Trinajstić information content (AvgIpc) is 2.75. The quantitative estimate of drug-likeness (QED) is 0.493. The number of benzene rings is 2. The van der Waals surface area contributed by atoms with Crippen molar-refractivity contribution in [1.82, 2.24) is 5.32 Å². The maximum absolute atomic E-state index is 15.3. The lowest BCUT2D eigenvalue weighted by atomic mass is 9.79. The number of urea groups is 1. The molecule has 2 heterocycles. The molecule has 1 saturated heterocycles. The van der Waals surface area contributed by atoms with Crippen molar-refractivity contribution in [2.45, 2.75) is 58.9 Å². The van der Waals surface area contributed by atoms with Crippen LogP contribution >= 0.6 is 0 Å². The number of barbiturate groups is 1. The van der Waals surface area contributed by atoms with Gasteiger partial charge in [-0.3, -0.25) is 14.9 Å². The summed E-state index contributed by atoms with van der Waals surface area (Å²) in [7, 11) is 0. The number of rotatable bonds is 4. The van der Waals surface area contributed by atoms with Crippen LogP contribution in [0.2, 0.25) is 0 Å². The first kappa shape index (κ1) is 23.7. The number of imide groups is 2. The van der Waals surface area contributed by atoms with E-state index in [1.165, 1.54) is 12.1 Å². The van der Waals surface area contributed by atoms with E-state index in [4.69, 9.17) is 0 Å². The molecule has 1 atom stereocenters. The second kappa shape index (κ2) is 8.70. The van der Waals surface area contributed by atoms with Gasteiger partial charge in [-0.25, -0.2) is 14.1 Å². The molecular formula is C27H30FN3O3. The number of hydrogen-bond acceptors (Lipinski definition) is 4. The van der Waals surface area contributed by atoms with Crippen molar-refractivity contribution in [3.63, 3.8) is 0 Å². The minimum Gasteiger partial charge on any atom is -0.366 e. The van der Waals surface area contributed by atoms with Gasteiger partial charge in [-0.2, -0.15) is 0 Å². The lowest BCUT2D eigenvalue weighted by molar-refractivity contribution is -0.122. The molecule has 4 rings (SSSR count). The number of carbonyl (C=O) groups is 3. The van der Waals surface area contributed by atoms with E-state index in [1.807, 2.05) is 0 Å². The molecule has 0 aromatic heterocycles. The summed E-state index contributed by atoms with van der Waals surface area (Å²) < 4.78 is 15.3. The van der Waals surface area contributed by atoms with Gasteiger partial charge in [0.2, 0.25) is 0 Å². The Morgan fingerprint density at radius 3 is 2.53 bits per heavy atom. The molecule has 2 aromatic rings. The average molecular weight is 464 g/mol. The fraction of sp³-hybridized carbons (Fsp3) is 0.370. The Morgan fingerprint density at radius 1 is 1.15 bits per heavy atom. The molecule has 1 fully saturated rings. The summed E-state index contributed by atoms with van der Waals surface area (Å²) in [5, 5.41) is 2.21. The van der Waals surface area contributed by atoms with Crippen LogP contribution in [0.1, 0.15) is 63.1 Å². The van der Waals surface area contributed by atoms with Crippen molar-refractivity contribution in [3.8, 4) is 0 Å². The molecule has 0 aliphatic carbocycles. The number of fused-ring (bicyclic) bond motifs is 1. The number of nitrogens with one attached hydrogen (secondary N) is 1. The van der Waals surface area contributed by atoms with Gasteiger partial charge < -0.3 is 4.90 Å². The standard InChI is InChI=1S/C27H30FN3O3/c1-6-11-30-23-14-21(28)18(12-19(23)17(3)15-27(30,4)5)13-20-24(32)29-26(34)31(25(20)33)22-10-8-7-9-16(22)2/h7-10,12-14,17H,6,11,15H2,1-5H3,(H,29,32,34)/b20-13-. The van der Waals surface area contributed by atoms with E-state index < -0.39 is 23.7 Å². The number of nitrogens with zero attached hydrogens (tertiary/aromatic N) is 2. The van der Waals surface area contributed by atoms with Crippen LogP contribution in [0.3, 0.4) is 0 Å². The van der Waals surface area contributed by atoms with Crippen LogP contribution in [-0.4, -0.2) is 29.9 Å². The van der Waals surface area contributed by atoms with E-state index in [1.54, 1.807) is 37.3 Å². The third-order valence-electron chi connectivity index (χ3n) is 6.71. The van der Waals surface area contributed by atoms with Gasteiger partial charge in [0.15, 0.2) is 0 Å². The van der Waals surface area contributed by atoms with Crippen LogP contribution in [0.25, 0.3) is 6.08 Å². The summed E-state index contributed by atoms with van der Waals surface area (Å²) in [6.45, 7) is 11.1. The van der Waals surface area contributed by atoms with Crippen LogP contribution in [0.5, 0.6) is 0 Å². The largest absolute Gasteiger partial charge is 0.366 e. The Labute approximate surface area is 199 Å². The lowest BCUT2D eigenvalue weighted by Crippen LogP contribution is -2.54. The molecule has 34 heavy (non-hydrogen) atoms. The Bertz CT molecular complexity index is 1220. The Kier molecular flexibility index (Phi) is 6.06. The summed E-state index contributed by atoms with van der Waals surface area (Å²) in [5.41, 5.74) is 2.67. The highest BCUT2D eigenvalue weighted by molar-refractivity contribution is 6.39. The van der Waals surface area contributed by atoms with Gasteiger partial charge in [-0.05, 0) is 74.9 Å². The van der Waals surface area contributed by atoms with E-state index in [0.717, 1.165) is 35.5 Å². The van der Waals surface area contributed by atoms with Gasteiger partial charge in [0.1, 0.15) is 11.4 Å². The van der Waals surface area contributed by atoms with Crippen LogP contribution in [0.4, 0.5) is 20.6 Å². The normalized spacial score (nSPS) is 21.1. The third kappa shape index (κ3) is 4.00. The topological polar surface area (TPSA) is 69.7 Å². The number of amides is 4. The van der Waals surface area contributed by atoms with Gasteiger partial charge in [0.25, 0.3) is 11.8 Å². The highest BCUT2D eigenvalue weighted by Gasteiger charge is 2.39. The molecular weight excluding hydrogens is 433 g/mol. The van der Waals surface area contributed by atoms with Gasteiger partial charge in [0, 0.05) is 23.3 Å². The van der Waals surface area contributed by atoms with E-state index in [0.29, 0.717) is 11.3 Å². The van der Waals surface area contributed by atoms with Crippen molar-refractivity contribution in [2.24, 2.45) is 0 Å². The van der Waals surface area contributed by atoms with E-state index in [9.17, 15) is 14.4 Å². The Hall–Kier alpha value is -3.48. The predicted octanol–water partition coefficient (Wildman–Crippen LogP) is 5.30. The lowest BCUT2D eigenvalue weighted by Gasteiger charge is -2.47. The van der Waals surface area contributed by atoms with Crippen LogP contribution in [-0.2, 0) is 9.59 Å². The van der Waals surface area contributed by atoms with E-state index in [2.05, 4.69) is 37.9 Å². The number of halogens is 1. The fourth-order valence-corrected chi connectivity index (χ4v) is 5.12. The van der Waals surface area contributed by atoms with Crippen molar-refractivity contribution in [1.29, 1.82) is 0 Å². The molecule has 0 bridgehead atoms. The zero-order valence-electron chi connectivity index (χ0n) is 20.2. The van der Waals surface area contributed by atoms with Crippen molar-refractivity contribution in [2.75, 3.05) is 16.3 Å². The highest BCUT2D eigenvalue weighted by atomic mass is 19.1. The Morgan fingerprint density at radius 2 is 1.85 bits per heavy atom. The first-order valence-electron chi connectivity index (χ1n) is 11.6. The molecule has 6 nitrogen and oxygen atoms in total. The second-order valence-electron chi connectivity index (χ2n) is 9.75. The Balaban J connectivity index is 1.79. The summed E-state index contributed by atoms with van der Waals surface area (Å²) in [5.74, 6) is -1.95. The molecule has 2 aliphatic rings. The van der Waals surface area contributed by atoms with Gasteiger partial charge in [-0.1, -0.05) is 32.0 Å². The summed E-state index contributed by atoms with van der Waals surface area (Å²) >= 11 is 0. The van der Waals surface area contributed by atoms with Gasteiger partial charge in [-0.15, -0.1) is 0 Å². The molecule has 1 N–H and O–H groups in total. The van der Waals surface area contributed by atoms with E-state index >= 15 is 4.39 Å². The summed E-state index contributed by atoms with van der Waals surface area (Å²) in [6.07, 6.45) is 3.08. The molecule has 0 saturated carbocycles. The molecule has 178 valence electrons. The molecule has 0 radical (unpaired) electrons. The van der Waals surface area contributed by atoms with Gasteiger partial charge in [0.05, 0.1) is 5.69 Å². The molecule has 0 spiro atoms. The summed E-state index contributed by atoms with van der Waals surface area (Å²) in [6, 6.07) is 9.31. The predicted molar refractivity (Wildman–Crippen MR) is 131 cm³/mol. The second-order valence-corrected chi connectivity index (χ2v) is 9.75. The van der Waals surface area contributed by atoms with Crippen molar-refractivity contribution >= 4 is 35.3 Å². The molecule has 2 aromatic carbocycles. The maximum atomic E-state index is 15.3. The van der Waals surface area contributed by atoms with Crippen molar-refractivity contribution < 1.29 is 18.8 Å². The number of para-hydroxylation sites is 1. The molecule has 1 unspecified atom stereocenters. The number of anilines is 2. The monoisotopic (exact) mass is 463 g/mol. The zero-order valence-corrected chi connectivity index (χ0v) is 20.2. The molecule has 2 aliphatic heterocycles. The minimum absolute atomic E-state index is 0.109. The number of hydrogen-bond donors (Lipinski definition) is 1. The fourth-order valence-electron chi connectivity index (χ4n) is 5.12. The number of carbonyl (C=O) groups excluding carboxylic acids is 3. The van der Waals surface area contributed by atoms with Crippen LogP contribution in [0.15, 0.2) is 42.0 Å². The highest BCUT2D eigenvalue weighted by Crippen LogP contribution is 2.44.